The molecule has 0 saturated heterocycles. The molecule has 2 amide bonds. The van der Waals surface area contributed by atoms with E-state index in [1.165, 1.54) is 18.7 Å². The van der Waals surface area contributed by atoms with Crippen LogP contribution in [0.15, 0.2) is 53.4 Å². The van der Waals surface area contributed by atoms with Crippen molar-refractivity contribution in [1.29, 1.82) is 0 Å². The van der Waals surface area contributed by atoms with Crippen molar-refractivity contribution in [3.05, 3.63) is 54.1 Å². The van der Waals surface area contributed by atoms with Crippen molar-refractivity contribution in [3.8, 4) is 5.75 Å². The van der Waals surface area contributed by atoms with Crippen LogP contribution in [0.3, 0.4) is 0 Å². The first-order valence-corrected chi connectivity index (χ1v) is 10.6. The molecule has 0 radical (unpaired) electrons. The van der Waals surface area contributed by atoms with Gasteiger partial charge in [0, 0.05) is 24.2 Å². The summed E-state index contributed by atoms with van der Waals surface area (Å²) in [6.07, 6.45) is -1.01. The molecule has 0 aliphatic rings. The highest BCUT2D eigenvalue weighted by molar-refractivity contribution is 8.00. The van der Waals surface area contributed by atoms with Gasteiger partial charge < -0.3 is 24.8 Å². The van der Waals surface area contributed by atoms with Crippen LogP contribution in [0, 0.1) is 0 Å². The van der Waals surface area contributed by atoms with Crippen LogP contribution in [0.2, 0.25) is 0 Å². The molecule has 166 valence electrons. The van der Waals surface area contributed by atoms with Gasteiger partial charge >= 0.3 is 5.97 Å². The van der Waals surface area contributed by atoms with E-state index in [4.69, 9.17) is 14.2 Å². The smallest absolute Gasteiger partial charge is 0.340 e. The maximum Gasteiger partial charge on any atom is 0.340 e. The van der Waals surface area contributed by atoms with E-state index in [2.05, 4.69) is 10.6 Å². The van der Waals surface area contributed by atoms with Crippen LogP contribution in [0.5, 0.6) is 5.75 Å². The molecule has 0 heterocycles. The van der Waals surface area contributed by atoms with Crippen LogP contribution in [0.4, 0.5) is 5.69 Å². The maximum atomic E-state index is 12.6. The number of ether oxygens (including phenoxy) is 3. The number of methoxy groups -OCH3 is 2. The third-order valence-electron chi connectivity index (χ3n) is 4.10. The largest absolute Gasteiger partial charge is 0.497 e. The number of benzene rings is 2. The number of anilines is 1. The third kappa shape index (κ3) is 7.95. The number of nitrogens with one attached hydrogen (secondary N) is 2. The van der Waals surface area contributed by atoms with Crippen LogP contribution < -0.4 is 15.4 Å². The summed E-state index contributed by atoms with van der Waals surface area (Å²) in [5.74, 6) is -0.459. The lowest BCUT2D eigenvalue weighted by molar-refractivity contribution is -0.123. The number of hydrogen-bond acceptors (Lipinski definition) is 7. The van der Waals surface area contributed by atoms with Gasteiger partial charge in [-0.3, -0.25) is 9.59 Å². The summed E-state index contributed by atoms with van der Waals surface area (Å²) in [6.45, 7) is 2.34. The molecule has 2 aromatic carbocycles. The van der Waals surface area contributed by atoms with Crippen molar-refractivity contribution in [3.63, 3.8) is 0 Å². The van der Waals surface area contributed by atoms with E-state index in [0.717, 1.165) is 0 Å². The lowest BCUT2D eigenvalue weighted by atomic mass is 10.2. The van der Waals surface area contributed by atoms with E-state index in [1.54, 1.807) is 62.8 Å². The monoisotopic (exact) mass is 446 g/mol. The minimum absolute atomic E-state index is 0.140. The quantitative estimate of drug-likeness (QED) is 0.311. The molecule has 2 aromatic rings. The Hall–Kier alpha value is -3.04. The summed E-state index contributed by atoms with van der Waals surface area (Å²) in [5.41, 5.74) is 0.852. The predicted octanol–water partition coefficient (Wildman–Crippen LogP) is 2.73. The van der Waals surface area contributed by atoms with Gasteiger partial charge in [-0.15, -0.1) is 11.8 Å². The second kappa shape index (κ2) is 12.6. The SMILES string of the molecule is COCCNC(=O)CSc1ccccc1C(=O)OC(C)C(=O)Nc1ccc(OC)cc1. The first kappa shape index (κ1) is 24.2. The van der Waals surface area contributed by atoms with Crippen molar-refractivity contribution in [1.82, 2.24) is 5.32 Å². The predicted molar refractivity (Wildman–Crippen MR) is 119 cm³/mol. The van der Waals surface area contributed by atoms with Gasteiger partial charge in [0.1, 0.15) is 5.75 Å². The number of hydrogen-bond donors (Lipinski definition) is 2. The highest BCUT2D eigenvalue weighted by Gasteiger charge is 2.21. The van der Waals surface area contributed by atoms with Gasteiger partial charge in [0.05, 0.1) is 25.0 Å². The fraction of sp³-hybridized carbons (Fsp3) is 0.318. The molecular weight excluding hydrogens is 420 g/mol. The van der Waals surface area contributed by atoms with Crippen molar-refractivity contribution >= 4 is 35.2 Å². The Morgan fingerprint density at radius 1 is 1.03 bits per heavy atom. The van der Waals surface area contributed by atoms with Gasteiger partial charge in [0.15, 0.2) is 6.10 Å². The number of amides is 2. The number of esters is 1. The Morgan fingerprint density at radius 2 is 1.74 bits per heavy atom. The maximum absolute atomic E-state index is 12.6. The zero-order chi connectivity index (χ0) is 22.6. The summed E-state index contributed by atoms with van der Waals surface area (Å²) >= 11 is 1.22. The molecule has 1 atom stereocenters. The van der Waals surface area contributed by atoms with Crippen molar-refractivity contribution in [2.75, 3.05) is 38.4 Å². The molecule has 0 spiro atoms. The molecule has 0 saturated carbocycles. The van der Waals surface area contributed by atoms with Gasteiger partial charge in [-0.05, 0) is 43.3 Å². The number of thioether (sulfide) groups is 1. The Balaban J connectivity index is 1.93. The summed E-state index contributed by atoms with van der Waals surface area (Å²) in [5, 5.41) is 5.41. The molecule has 1 unspecified atom stereocenters. The Bertz CT molecular complexity index is 888. The molecule has 9 heteroatoms. The van der Waals surface area contributed by atoms with Gasteiger partial charge in [0.2, 0.25) is 5.91 Å². The van der Waals surface area contributed by atoms with Crippen LogP contribution >= 0.6 is 11.8 Å². The highest BCUT2D eigenvalue weighted by atomic mass is 32.2. The Kier molecular flexibility index (Phi) is 9.86. The first-order chi connectivity index (χ1) is 14.9. The second-order valence-electron chi connectivity index (χ2n) is 6.39. The minimum Gasteiger partial charge on any atom is -0.497 e. The number of rotatable bonds is 11. The molecule has 2 rings (SSSR count). The topological polar surface area (TPSA) is 103 Å². The minimum atomic E-state index is -1.01. The van der Waals surface area contributed by atoms with Crippen LogP contribution in [-0.4, -0.2) is 57.0 Å². The second-order valence-corrected chi connectivity index (χ2v) is 7.41. The fourth-order valence-electron chi connectivity index (χ4n) is 2.44. The van der Waals surface area contributed by atoms with Crippen molar-refractivity contribution in [2.45, 2.75) is 17.9 Å². The van der Waals surface area contributed by atoms with Crippen molar-refractivity contribution < 1.29 is 28.6 Å². The average Bonchev–Trinajstić information content (AvgIpc) is 2.78. The summed E-state index contributed by atoms with van der Waals surface area (Å²) in [7, 11) is 3.11. The molecule has 0 aliphatic heterocycles. The zero-order valence-electron chi connectivity index (χ0n) is 17.7. The molecule has 31 heavy (non-hydrogen) atoms. The Morgan fingerprint density at radius 3 is 2.42 bits per heavy atom. The number of carbonyl (C=O) groups excluding carboxylic acids is 3. The van der Waals surface area contributed by atoms with E-state index in [0.29, 0.717) is 35.0 Å². The lowest BCUT2D eigenvalue weighted by Gasteiger charge is -2.15. The van der Waals surface area contributed by atoms with Gasteiger partial charge in [-0.25, -0.2) is 4.79 Å². The highest BCUT2D eigenvalue weighted by Crippen LogP contribution is 2.24. The molecule has 0 aliphatic carbocycles. The summed E-state index contributed by atoms with van der Waals surface area (Å²) in [4.78, 5) is 37.5. The normalized spacial score (nSPS) is 11.3. The standard InChI is InChI=1S/C22H26N2O6S/c1-15(21(26)24-16-8-10-17(29-3)11-9-16)30-22(27)18-6-4-5-7-19(18)31-14-20(25)23-12-13-28-2/h4-11,15H,12-14H2,1-3H3,(H,23,25)(H,24,26). The van der Waals surface area contributed by atoms with Gasteiger partial charge in [-0.1, -0.05) is 12.1 Å². The molecule has 8 nitrogen and oxygen atoms in total. The van der Waals surface area contributed by atoms with E-state index in [9.17, 15) is 14.4 Å². The van der Waals surface area contributed by atoms with E-state index in [1.807, 2.05) is 0 Å². The zero-order valence-corrected chi connectivity index (χ0v) is 18.5. The van der Waals surface area contributed by atoms with Crippen LogP contribution in [-0.2, 0) is 19.1 Å². The van der Waals surface area contributed by atoms with E-state index >= 15 is 0 Å². The van der Waals surface area contributed by atoms with E-state index in [-0.39, 0.29) is 11.7 Å². The summed E-state index contributed by atoms with van der Waals surface area (Å²) < 4.78 is 15.3. The molecule has 2 N–H and O–H groups in total. The van der Waals surface area contributed by atoms with Crippen molar-refractivity contribution in [2.24, 2.45) is 0 Å². The lowest BCUT2D eigenvalue weighted by Crippen LogP contribution is -2.30. The number of carbonyl (C=O) groups is 3. The third-order valence-corrected chi connectivity index (χ3v) is 5.18. The van der Waals surface area contributed by atoms with E-state index < -0.39 is 18.0 Å². The van der Waals surface area contributed by atoms with Gasteiger partial charge in [-0.2, -0.15) is 0 Å². The molecular formula is C22H26N2O6S. The van der Waals surface area contributed by atoms with Gasteiger partial charge in [0.25, 0.3) is 5.91 Å². The molecule has 0 fully saturated rings. The van der Waals surface area contributed by atoms with Crippen LogP contribution in [0.25, 0.3) is 0 Å². The molecule has 0 aromatic heterocycles. The molecule has 0 bridgehead atoms. The summed E-state index contributed by atoms with van der Waals surface area (Å²) in [6, 6.07) is 13.6. The Labute approximate surface area is 185 Å². The fourth-order valence-corrected chi connectivity index (χ4v) is 3.31. The van der Waals surface area contributed by atoms with Crippen LogP contribution in [0.1, 0.15) is 17.3 Å². The average molecular weight is 447 g/mol. The first-order valence-electron chi connectivity index (χ1n) is 9.58.